The highest BCUT2D eigenvalue weighted by atomic mass is 35.5. The van der Waals surface area contributed by atoms with Crippen molar-refractivity contribution in [3.05, 3.63) is 87.7 Å². The van der Waals surface area contributed by atoms with Gasteiger partial charge in [0.2, 0.25) is 0 Å². The largest absolute Gasteiger partial charge is 0.416 e. The lowest BCUT2D eigenvalue weighted by Gasteiger charge is -2.27. The van der Waals surface area contributed by atoms with Gasteiger partial charge in [0.25, 0.3) is 0 Å². The standard InChI is InChI=1S/C23H17ClF3N3/c1-15-6-9-21-20(19(15)8-7-16-10-11-28-22(24)12-16)14-29(2)30(21)18-5-3-4-17(13-18)23(25,26)27/h3-6,9-13H,14H2,1-2H3. The highest BCUT2D eigenvalue weighted by molar-refractivity contribution is 6.29. The van der Waals surface area contributed by atoms with E-state index in [1.807, 2.05) is 31.1 Å². The van der Waals surface area contributed by atoms with Crippen LogP contribution in [0.15, 0.2) is 54.7 Å². The number of hydrazine groups is 1. The van der Waals surface area contributed by atoms with Gasteiger partial charge < -0.3 is 0 Å². The van der Waals surface area contributed by atoms with Crippen LogP contribution in [0.25, 0.3) is 0 Å². The van der Waals surface area contributed by atoms with Crippen LogP contribution in [0.5, 0.6) is 0 Å². The molecule has 0 saturated heterocycles. The third-order valence-corrected chi connectivity index (χ3v) is 5.14. The predicted molar refractivity (Wildman–Crippen MR) is 111 cm³/mol. The Kier molecular flexibility index (Phi) is 5.19. The van der Waals surface area contributed by atoms with E-state index in [2.05, 4.69) is 16.8 Å². The van der Waals surface area contributed by atoms with Crippen LogP contribution in [0.3, 0.4) is 0 Å². The van der Waals surface area contributed by atoms with Crippen LogP contribution in [0.2, 0.25) is 5.15 Å². The molecule has 2 heterocycles. The van der Waals surface area contributed by atoms with Crippen molar-refractivity contribution in [2.45, 2.75) is 19.6 Å². The Hall–Kier alpha value is -3.01. The molecule has 0 N–H and O–H groups in total. The molecule has 0 saturated carbocycles. The Labute approximate surface area is 177 Å². The van der Waals surface area contributed by atoms with Gasteiger partial charge in [0.15, 0.2) is 0 Å². The fourth-order valence-corrected chi connectivity index (χ4v) is 3.71. The van der Waals surface area contributed by atoms with Crippen molar-refractivity contribution in [3.8, 4) is 11.8 Å². The SMILES string of the molecule is Cc1ccc2c(c1C#Cc1ccnc(Cl)c1)CN(C)N2c1cccc(C(F)(F)F)c1. The van der Waals surface area contributed by atoms with Gasteiger partial charge in [-0.05, 0) is 48.9 Å². The van der Waals surface area contributed by atoms with Crippen LogP contribution in [0.1, 0.15) is 27.8 Å². The average molecular weight is 428 g/mol. The van der Waals surface area contributed by atoms with Crippen LogP contribution in [0, 0.1) is 18.8 Å². The monoisotopic (exact) mass is 427 g/mol. The van der Waals surface area contributed by atoms with Crippen LogP contribution >= 0.6 is 11.6 Å². The van der Waals surface area contributed by atoms with E-state index in [0.717, 1.165) is 40.1 Å². The first-order valence-corrected chi connectivity index (χ1v) is 9.56. The maximum atomic E-state index is 13.2. The minimum atomic E-state index is -4.40. The lowest BCUT2D eigenvalue weighted by molar-refractivity contribution is -0.137. The molecule has 3 nitrogen and oxygen atoms in total. The first-order chi connectivity index (χ1) is 14.2. The summed E-state index contributed by atoms with van der Waals surface area (Å²) in [5.74, 6) is 6.33. The molecule has 30 heavy (non-hydrogen) atoms. The van der Waals surface area contributed by atoms with Crippen LogP contribution in [-0.4, -0.2) is 17.0 Å². The molecule has 1 aliphatic rings. The number of nitrogens with zero attached hydrogens (tertiary/aromatic N) is 3. The number of benzene rings is 2. The van der Waals surface area contributed by atoms with Crippen LogP contribution in [0.4, 0.5) is 24.5 Å². The molecule has 0 unspecified atom stereocenters. The average Bonchev–Trinajstić information content (AvgIpc) is 3.02. The van der Waals surface area contributed by atoms with Gasteiger partial charge in [0.05, 0.1) is 16.9 Å². The number of rotatable bonds is 1. The Bertz CT molecular complexity index is 1180. The normalized spacial score (nSPS) is 13.7. The fourth-order valence-electron chi connectivity index (χ4n) is 3.53. The van der Waals surface area contributed by atoms with E-state index in [4.69, 9.17) is 11.6 Å². The number of aryl methyl sites for hydroxylation is 1. The molecule has 0 amide bonds. The van der Waals surface area contributed by atoms with E-state index >= 15 is 0 Å². The van der Waals surface area contributed by atoms with Gasteiger partial charge in [0, 0.05) is 36.5 Å². The second-order valence-electron chi connectivity index (χ2n) is 7.05. The van der Waals surface area contributed by atoms with E-state index in [-0.39, 0.29) is 0 Å². The maximum Gasteiger partial charge on any atom is 0.416 e. The number of halogens is 4. The quantitative estimate of drug-likeness (QED) is 0.353. The molecule has 1 aromatic heterocycles. The van der Waals surface area contributed by atoms with Gasteiger partial charge in [-0.3, -0.25) is 5.01 Å². The molecule has 0 radical (unpaired) electrons. The predicted octanol–water partition coefficient (Wildman–Crippen LogP) is 5.96. The minimum absolute atomic E-state index is 0.368. The topological polar surface area (TPSA) is 19.4 Å². The molecule has 152 valence electrons. The van der Waals surface area contributed by atoms with E-state index in [9.17, 15) is 13.2 Å². The minimum Gasteiger partial charge on any atom is -0.274 e. The smallest absolute Gasteiger partial charge is 0.274 e. The molecule has 3 aromatic rings. The number of fused-ring (bicyclic) bond motifs is 1. The number of hydrogen-bond acceptors (Lipinski definition) is 3. The molecule has 0 aliphatic carbocycles. The van der Waals surface area contributed by atoms with Crippen molar-refractivity contribution in [1.82, 2.24) is 9.99 Å². The summed E-state index contributed by atoms with van der Waals surface area (Å²) in [4.78, 5) is 3.95. The number of pyridine rings is 1. The summed E-state index contributed by atoms with van der Waals surface area (Å²) in [5.41, 5.74) is 4.18. The van der Waals surface area contributed by atoms with Crippen LogP contribution in [-0.2, 0) is 12.7 Å². The third kappa shape index (κ3) is 3.87. The first-order valence-electron chi connectivity index (χ1n) is 9.18. The van der Waals surface area contributed by atoms with Crippen molar-refractivity contribution in [2.75, 3.05) is 12.1 Å². The number of aromatic nitrogens is 1. The zero-order chi connectivity index (χ0) is 21.5. The molecule has 0 atom stereocenters. The zero-order valence-electron chi connectivity index (χ0n) is 16.3. The molecular formula is C23H17ClF3N3. The molecule has 0 fully saturated rings. The molecule has 7 heteroatoms. The summed E-state index contributed by atoms with van der Waals surface area (Å²) in [6, 6.07) is 12.6. The summed E-state index contributed by atoms with van der Waals surface area (Å²) in [5, 5.41) is 4.04. The summed E-state index contributed by atoms with van der Waals surface area (Å²) >= 11 is 5.93. The second-order valence-corrected chi connectivity index (χ2v) is 7.44. The number of hydrogen-bond donors (Lipinski definition) is 0. The van der Waals surface area contributed by atoms with Gasteiger partial charge >= 0.3 is 6.18 Å². The Morgan fingerprint density at radius 3 is 2.60 bits per heavy atom. The summed E-state index contributed by atoms with van der Waals surface area (Å²) in [6.07, 6.45) is -2.80. The summed E-state index contributed by atoms with van der Waals surface area (Å²) in [6.45, 7) is 2.51. The number of anilines is 2. The van der Waals surface area contributed by atoms with Crippen molar-refractivity contribution in [3.63, 3.8) is 0 Å². The Balaban J connectivity index is 1.78. The lowest BCUT2D eigenvalue weighted by Crippen LogP contribution is -2.29. The lowest BCUT2D eigenvalue weighted by atomic mass is 10.00. The van der Waals surface area contributed by atoms with Gasteiger partial charge in [-0.2, -0.15) is 13.2 Å². The van der Waals surface area contributed by atoms with Crippen molar-refractivity contribution in [1.29, 1.82) is 0 Å². The number of alkyl halides is 3. The van der Waals surface area contributed by atoms with Crippen molar-refractivity contribution in [2.24, 2.45) is 0 Å². The van der Waals surface area contributed by atoms with Gasteiger partial charge in [-0.15, -0.1) is 0 Å². The van der Waals surface area contributed by atoms with Gasteiger partial charge in [-0.25, -0.2) is 9.99 Å². The molecule has 1 aliphatic heterocycles. The highest BCUT2D eigenvalue weighted by Gasteiger charge is 2.33. The fraction of sp³-hybridized carbons (Fsp3) is 0.174. The molecule has 4 rings (SSSR count). The Morgan fingerprint density at radius 1 is 1.07 bits per heavy atom. The summed E-state index contributed by atoms with van der Waals surface area (Å²) in [7, 11) is 1.84. The second kappa shape index (κ2) is 7.67. The molecule has 2 aromatic carbocycles. The van der Waals surface area contributed by atoms with Gasteiger partial charge in [0.1, 0.15) is 5.15 Å². The maximum absolute atomic E-state index is 13.2. The molecular weight excluding hydrogens is 411 g/mol. The van der Waals surface area contributed by atoms with Gasteiger partial charge in [-0.1, -0.05) is 35.6 Å². The zero-order valence-corrected chi connectivity index (χ0v) is 17.0. The van der Waals surface area contributed by atoms with Crippen molar-refractivity contribution >= 4 is 23.0 Å². The van der Waals surface area contributed by atoms with E-state index in [0.29, 0.717) is 17.4 Å². The van der Waals surface area contributed by atoms with Crippen LogP contribution < -0.4 is 5.01 Å². The first kappa shape index (κ1) is 20.3. The van der Waals surface area contributed by atoms with Crippen molar-refractivity contribution < 1.29 is 13.2 Å². The summed E-state index contributed by atoms with van der Waals surface area (Å²) < 4.78 is 39.6. The molecule has 0 bridgehead atoms. The molecule has 0 spiro atoms. The third-order valence-electron chi connectivity index (χ3n) is 4.93. The van der Waals surface area contributed by atoms with E-state index < -0.39 is 11.7 Å². The Morgan fingerprint density at radius 2 is 1.87 bits per heavy atom. The van der Waals surface area contributed by atoms with E-state index in [1.54, 1.807) is 29.4 Å². The van der Waals surface area contributed by atoms with E-state index in [1.165, 1.54) is 6.07 Å². The highest BCUT2D eigenvalue weighted by Crippen LogP contribution is 2.41.